The van der Waals surface area contributed by atoms with Crippen molar-refractivity contribution in [2.24, 2.45) is 0 Å². The summed E-state index contributed by atoms with van der Waals surface area (Å²) < 4.78 is 255. The van der Waals surface area contributed by atoms with E-state index < -0.39 is 66.8 Å². The van der Waals surface area contributed by atoms with Gasteiger partial charge in [0.1, 0.15) is 11.5 Å². The largest absolute Gasteiger partial charge is 0.508 e. The van der Waals surface area contributed by atoms with Crippen molar-refractivity contribution in [2.75, 3.05) is 0 Å². The Kier molecular flexibility index (Phi) is 11.7. The van der Waals surface area contributed by atoms with Gasteiger partial charge in [-0.15, -0.1) is 0 Å². The molecule has 0 fully saturated rings. The molecule has 1 aromatic carbocycles. The first-order valence-electron chi connectivity index (χ1n) is 8.61. The van der Waals surface area contributed by atoms with Crippen LogP contribution in [0.5, 0.6) is 11.5 Å². The van der Waals surface area contributed by atoms with E-state index in [1.165, 1.54) is 24.3 Å². The number of benzene rings is 1. The van der Waals surface area contributed by atoms with Crippen LogP contribution >= 0.6 is 0 Å². The molecule has 0 aromatic heterocycles. The molecule has 0 aliphatic heterocycles. The lowest BCUT2D eigenvalue weighted by Gasteiger charge is -2.35. The Labute approximate surface area is 218 Å². The summed E-state index contributed by atoms with van der Waals surface area (Å²) in [6.07, 6.45) is -43.9. The normalized spacial score (nSPS) is 14.8. The van der Waals surface area contributed by atoms with Crippen LogP contribution in [-0.4, -0.2) is 82.7 Å². The van der Waals surface area contributed by atoms with E-state index >= 15 is 0 Å². The Morgan fingerprint density at radius 1 is 0.381 bits per heavy atom. The van der Waals surface area contributed by atoms with Crippen LogP contribution in [0.3, 0.4) is 0 Å². The molecular weight excluding hydrogens is 702 g/mol. The molecule has 1 rings (SSSR count). The Hall–Kier alpha value is -2.62. The lowest BCUT2D eigenvalue weighted by molar-refractivity contribution is -0.351. The highest BCUT2D eigenvalue weighted by Gasteiger charge is 2.92. The maximum absolute atomic E-state index is 11.9. The van der Waals surface area contributed by atoms with Crippen molar-refractivity contribution in [1.29, 1.82) is 0 Å². The molecule has 42 heavy (non-hydrogen) atoms. The first-order valence-corrected chi connectivity index (χ1v) is 11.5. The molecular formula is C14H8F18O8S2. The van der Waals surface area contributed by atoms with Crippen molar-refractivity contribution < 1.29 is 115 Å². The number of alkyl halides is 18. The Morgan fingerprint density at radius 2 is 0.500 bits per heavy atom. The molecule has 0 radical (unpaired) electrons. The van der Waals surface area contributed by atoms with Crippen LogP contribution in [0, 0.1) is 0 Å². The Bertz CT molecular complexity index is 1080. The van der Waals surface area contributed by atoms with Crippen molar-refractivity contribution in [2.45, 2.75) is 46.6 Å². The lowest BCUT2D eigenvalue weighted by Crippen LogP contribution is -2.70. The van der Waals surface area contributed by atoms with E-state index in [2.05, 4.69) is 0 Å². The molecule has 0 spiro atoms. The van der Waals surface area contributed by atoms with E-state index in [1.807, 2.05) is 0 Å². The topological polar surface area (TPSA) is 149 Å². The van der Waals surface area contributed by atoms with E-state index in [1.54, 1.807) is 0 Å². The molecule has 0 bridgehead atoms. The monoisotopic (exact) mass is 710 g/mol. The first-order chi connectivity index (χ1) is 17.8. The van der Waals surface area contributed by atoms with Gasteiger partial charge in [0.05, 0.1) is 0 Å². The van der Waals surface area contributed by atoms with Crippen LogP contribution in [0.1, 0.15) is 0 Å². The zero-order chi connectivity index (χ0) is 35.0. The quantitative estimate of drug-likeness (QED) is 0.174. The third kappa shape index (κ3) is 7.85. The van der Waals surface area contributed by atoms with Gasteiger partial charge in [0, 0.05) is 0 Å². The highest BCUT2D eigenvalue weighted by Crippen LogP contribution is 2.58. The van der Waals surface area contributed by atoms with Gasteiger partial charge in [-0.3, -0.25) is 9.11 Å². The molecule has 0 aliphatic carbocycles. The van der Waals surface area contributed by atoms with E-state index in [4.69, 9.17) is 19.3 Å². The van der Waals surface area contributed by atoms with Gasteiger partial charge in [-0.05, 0) is 24.3 Å². The number of phenolic OH excluding ortho intramolecular Hbond substituents is 2. The van der Waals surface area contributed by atoms with E-state index in [0.29, 0.717) is 0 Å². The third-order valence-corrected chi connectivity index (χ3v) is 6.96. The average molecular weight is 710 g/mol. The van der Waals surface area contributed by atoms with Gasteiger partial charge < -0.3 is 10.2 Å². The summed E-state index contributed by atoms with van der Waals surface area (Å²) >= 11 is 0. The summed E-state index contributed by atoms with van der Waals surface area (Å²) in [7, 11) is -15.1. The minimum Gasteiger partial charge on any atom is -0.508 e. The predicted octanol–water partition coefficient (Wildman–Crippen LogP) is 5.70. The summed E-state index contributed by atoms with van der Waals surface area (Å²) in [5.41, 5.74) is 0. The van der Waals surface area contributed by atoms with Crippen LogP contribution in [0.15, 0.2) is 24.3 Å². The summed E-state index contributed by atoms with van der Waals surface area (Å²) in [6, 6.07) is 5.70. The van der Waals surface area contributed by atoms with Crippen molar-refractivity contribution in [3.8, 4) is 11.5 Å². The lowest BCUT2D eigenvalue weighted by atomic mass is 10.1. The molecule has 0 heterocycles. The standard InChI is InChI=1S/C6H6O2.2C4HF9O3S/c7-5-1-2-6(8)4-3-5;2*5-2(6,7)1(3(8,9)10,4(11,12)13)17(14,15)16/h1-4,7-8H;2*(H,14,15,16). The van der Waals surface area contributed by atoms with Crippen molar-refractivity contribution >= 4 is 20.2 Å². The van der Waals surface area contributed by atoms with Crippen LogP contribution < -0.4 is 0 Å². The van der Waals surface area contributed by atoms with E-state index in [9.17, 15) is 95.9 Å². The Morgan fingerprint density at radius 3 is 0.548 bits per heavy atom. The summed E-state index contributed by atoms with van der Waals surface area (Å²) in [5, 5.41) is 17.3. The van der Waals surface area contributed by atoms with Crippen LogP contribution in [0.2, 0.25) is 0 Å². The zero-order valence-corrected chi connectivity index (χ0v) is 20.0. The molecule has 0 amide bonds. The summed E-state index contributed by atoms with van der Waals surface area (Å²) in [5.74, 6) is 0.339. The number of phenols is 2. The zero-order valence-electron chi connectivity index (χ0n) is 18.4. The smallest absolute Gasteiger partial charge is 0.428 e. The van der Waals surface area contributed by atoms with Crippen molar-refractivity contribution in [3.63, 3.8) is 0 Å². The number of hydrogen-bond acceptors (Lipinski definition) is 6. The maximum atomic E-state index is 11.9. The molecule has 1 aromatic rings. The van der Waals surface area contributed by atoms with E-state index in [0.717, 1.165) is 0 Å². The number of hydrogen-bond donors (Lipinski definition) is 4. The maximum Gasteiger partial charge on any atom is 0.428 e. The van der Waals surface area contributed by atoms with Gasteiger partial charge in [0.15, 0.2) is 0 Å². The van der Waals surface area contributed by atoms with Crippen molar-refractivity contribution in [3.05, 3.63) is 24.3 Å². The highest BCUT2D eigenvalue weighted by atomic mass is 32.2. The van der Waals surface area contributed by atoms with Gasteiger partial charge >= 0.3 is 46.6 Å². The predicted molar refractivity (Wildman–Crippen MR) is 94.7 cm³/mol. The van der Waals surface area contributed by atoms with Crippen LogP contribution in [0.4, 0.5) is 79.0 Å². The third-order valence-electron chi connectivity index (χ3n) is 4.02. The summed E-state index contributed by atoms with van der Waals surface area (Å²) in [4.78, 5) is 0. The van der Waals surface area contributed by atoms with Crippen molar-refractivity contribution in [1.82, 2.24) is 0 Å². The molecule has 0 saturated heterocycles. The van der Waals surface area contributed by atoms with Crippen LogP contribution in [-0.2, 0) is 20.2 Å². The molecule has 0 aliphatic rings. The highest BCUT2D eigenvalue weighted by molar-refractivity contribution is 7.87. The summed E-state index contributed by atoms with van der Waals surface area (Å²) in [6.45, 7) is 0. The van der Waals surface area contributed by atoms with Crippen LogP contribution in [0.25, 0.3) is 0 Å². The molecule has 28 heteroatoms. The molecule has 8 nitrogen and oxygen atoms in total. The SMILES string of the molecule is O=S(=O)(O)C(C(F)(F)F)(C(F)(F)F)C(F)(F)F.O=S(=O)(O)C(C(F)(F)F)(C(F)(F)F)C(F)(F)F.Oc1ccc(O)cc1. The van der Waals surface area contributed by atoms with Gasteiger partial charge in [-0.25, -0.2) is 0 Å². The van der Waals surface area contributed by atoms with Gasteiger partial charge in [0.2, 0.25) is 0 Å². The number of aromatic hydroxyl groups is 2. The second-order valence-electron chi connectivity index (χ2n) is 6.82. The number of rotatable bonds is 2. The fourth-order valence-corrected chi connectivity index (χ4v) is 4.05. The van der Waals surface area contributed by atoms with E-state index in [-0.39, 0.29) is 11.5 Å². The molecule has 0 unspecified atom stereocenters. The minimum absolute atomic E-state index is 0.169. The second kappa shape index (κ2) is 11.8. The fraction of sp³-hybridized carbons (Fsp3) is 0.571. The molecule has 0 saturated carbocycles. The Balaban J connectivity index is 0. The average Bonchev–Trinajstić information content (AvgIpc) is 2.55. The molecule has 0 atom stereocenters. The van der Waals surface area contributed by atoms with Gasteiger partial charge in [0.25, 0.3) is 20.2 Å². The molecule has 4 N–H and O–H groups in total. The van der Waals surface area contributed by atoms with Gasteiger partial charge in [-0.2, -0.15) is 95.9 Å². The minimum atomic E-state index is -7.57. The number of halogens is 18. The first kappa shape index (κ1) is 41.5. The fourth-order valence-electron chi connectivity index (χ4n) is 2.29. The second-order valence-corrected chi connectivity index (χ2v) is 9.94. The van der Waals surface area contributed by atoms with Gasteiger partial charge in [-0.1, -0.05) is 0 Å². The molecule has 250 valence electrons.